The Morgan fingerprint density at radius 1 is 1.48 bits per heavy atom. The fraction of sp³-hybridized carbons (Fsp3) is 0.429. The van der Waals surface area contributed by atoms with E-state index in [4.69, 9.17) is 10.00 Å². The number of ether oxygens (including phenoxy) is 2. The van der Waals surface area contributed by atoms with E-state index in [1.165, 1.54) is 19.2 Å². The smallest absolute Gasteiger partial charge is 0.387 e. The van der Waals surface area contributed by atoms with Crippen molar-refractivity contribution < 1.29 is 23.0 Å². The third-order valence-corrected chi connectivity index (χ3v) is 2.99. The zero-order valence-electron chi connectivity index (χ0n) is 11.9. The molecule has 0 saturated carbocycles. The third kappa shape index (κ3) is 4.31. The molecule has 7 heteroatoms. The summed E-state index contributed by atoms with van der Waals surface area (Å²) in [5.41, 5.74) is -0.929. The summed E-state index contributed by atoms with van der Waals surface area (Å²) in [6.45, 7) is 0.297. The van der Waals surface area contributed by atoms with Gasteiger partial charge >= 0.3 is 6.61 Å². The lowest BCUT2D eigenvalue weighted by Gasteiger charge is -2.21. The van der Waals surface area contributed by atoms with E-state index < -0.39 is 18.1 Å². The van der Waals surface area contributed by atoms with Gasteiger partial charge in [0.05, 0.1) is 13.2 Å². The summed E-state index contributed by atoms with van der Waals surface area (Å²) in [6.07, 6.45) is 0.409. The van der Waals surface area contributed by atoms with Crippen molar-refractivity contribution in [2.45, 2.75) is 32.4 Å². The molecule has 0 bridgehead atoms. The predicted molar refractivity (Wildman–Crippen MR) is 71.4 cm³/mol. The number of rotatable bonds is 6. The van der Waals surface area contributed by atoms with Gasteiger partial charge in [0.25, 0.3) is 5.91 Å². The SMILES string of the molecule is CC[C@](C)(C#N)NC(=O)c1ccc(OC)c(OC(F)F)c1. The van der Waals surface area contributed by atoms with Gasteiger partial charge in [0.15, 0.2) is 11.5 Å². The van der Waals surface area contributed by atoms with E-state index in [1.54, 1.807) is 13.8 Å². The monoisotopic (exact) mass is 298 g/mol. The maximum absolute atomic E-state index is 12.3. The molecule has 21 heavy (non-hydrogen) atoms. The molecule has 0 radical (unpaired) electrons. The number of hydrogen-bond donors (Lipinski definition) is 1. The number of nitriles is 1. The number of nitrogens with zero attached hydrogens (tertiary/aromatic N) is 1. The summed E-state index contributed by atoms with van der Waals surface area (Å²) >= 11 is 0. The van der Waals surface area contributed by atoms with Gasteiger partial charge in [-0.05, 0) is 31.5 Å². The van der Waals surface area contributed by atoms with E-state index in [2.05, 4.69) is 10.1 Å². The van der Waals surface area contributed by atoms with Crippen LogP contribution in [0.1, 0.15) is 30.6 Å². The van der Waals surface area contributed by atoms with Crippen molar-refractivity contribution in [1.29, 1.82) is 5.26 Å². The van der Waals surface area contributed by atoms with Gasteiger partial charge in [-0.3, -0.25) is 4.79 Å². The largest absolute Gasteiger partial charge is 0.493 e. The van der Waals surface area contributed by atoms with Gasteiger partial charge in [-0.2, -0.15) is 14.0 Å². The van der Waals surface area contributed by atoms with Crippen molar-refractivity contribution in [1.82, 2.24) is 5.32 Å². The van der Waals surface area contributed by atoms with Gasteiger partial charge in [0.2, 0.25) is 0 Å². The van der Waals surface area contributed by atoms with Gasteiger partial charge in [0.1, 0.15) is 5.54 Å². The highest BCUT2D eigenvalue weighted by atomic mass is 19.3. The van der Waals surface area contributed by atoms with Crippen LogP contribution in [0.5, 0.6) is 11.5 Å². The molecule has 1 aromatic carbocycles. The van der Waals surface area contributed by atoms with Crippen molar-refractivity contribution in [3.63, 3.8) is 0 Å². The molecule has 1 aromatic rings. The molecule has 1 rings (SSSR count). The van der Waals surface area contributed by atoms with Crippen LogP contribution in [-0.2, 0) is 0 Å². The number of halogens is 2. The van der Waals surface area contributed by atoms with Gasteiger partial charge in [-0.15, -0.1) is 0 Å². The molecule has 0 aliphatic rings. The van der Waals surface area contributed by atoms with Crippen LogP contribution < -0.4 is 14.8 Å². The zero-order chi connectivity index (χ0) is 16.0. The van der Waals surface area contributed by atoms with Crippen molar-refractivity contribution in [3.8, 4) is 17.6 Å². The highest BCUT2D eigenvalue weighted by molar-refractivity contribution is 5.95. The number of methoxy groups -OCH3 is 1. The van der Waals surface area contributed by atoms with Crippen molar-refractivity contribution in [3.05, 3.63) is 23.8 Å². The number of nitrogens with one attached hydrogen (secondary N) is 1. The van der Waals surface area contributed by atoms with Gasteiger partial charge < -0.3 is 14.8 Å². The molecule has 1 atom stereocenters. The van der Waals surface area contributed by atoms with E-state index >= 15 is 0 Å². The van der Waals surface area contributed by atoms with Crippen molar-refractivity contribution in [2.75, 3.05) is 7.11 Å². The first kappa shape index (κ1) is 16.7. The Bertz CT molecular complexity index is 558. The number of amides is 1. The summed E-state index contributed by atoms with van der Waals surface area (Å²) in [6, 6.07) is 5.89. The van der Waals surface area contributed by atoms with Gasteiger partial charge in [-0.1, -0.05) is 6.92 Å². The second-order valence-electron chi connectivity index (χ2n) is 4.50. The molecule has 1 amide bonds. The minimum Gasteiger partial charge on any atom is -0.493 e. The molecule has 0 aromatic heterocycles. The number of benzene rings is 1. The summed E-state index contributed by atoms with van der Waals surface area (Å²) in [4.78, 5) is 12.1. The molecule has 0 fully saturated rings. The lowest BCUT2D eigenvalue weighted by molar-refractivity contribution is -0.0512. The summed E-state index contributed by atoms with van der Waals surface area (Å²) in [7, 11) is 1.30. The number of hydrogen-bond acceptors (Lipinski definition) is 4. The maximum Gasteiger partial charge on any atom is 0.387 e. The lowest BCUT2D eigenvalue weighted by Crippen LogP contribution is -2.44. The molecule has 0 saturated heterocycles. The molecule has 0 spiro atoms. The van der Waals surface area contributed by atoms with E-state index in [1.807, 2.05) is 6.07 Å². The molecule has 0 aliphatic carbocycles. The first-order chi connectivity index (χ1) is 9.85. The highest BCUT2D eigenvalue weighted by Crippen LogP contribution is 2.29. The van der Waals surface area contributed by atoms with Gasteiger partial charge in [-0.25, -0.2) is 0 Å². The molecule has 0 unspecified atom stereocenters. The minimum atomic E-state index is -3.03. The second-order valence-corrected chi connectivity index (χ2v) is 4.50. The van der Waals surface area contributed by atoms with Crippen LogP contribution in [0.2, 0.25) is 0 Å². The molecular weight excluding hydrogens is 282 g/mol. The van der Waals surface area contributed by atoms with Crippen LogP contribution in [0.4, 0.5) is 8.78 Å². The number of alkyl halides is 2. The average Bonchev–Trinajstić information content (AvgIpc) is 2.46. The van der Waals surface area contributed by atoms with Crippen LogP contribution in [0, 0.1) is 11.3 Å². The summed E-state index contributed by atoms with van der Waals surface area (Å²) in [5.74, 6) is -0.705. The lowest BCUT2D eigenvalue weighted by atomic mass is 10.0. The first-order valence-corrected chi connectivity index (χ1v) is 6.22. The van der Waals surface area contributed by atoms with Crippen LogP contribution >= 0.6 is 0 Å². The Labute approximate surface area is 121 Å². The van der Waals surface area contributed by atoms with E-state index in [0.717, 1.165) is 6.07 Å². The Hall–Kier alpha value is -2.36. The van der Waals surface area contributed by atoms with E-state index in [9.17, 15) is 13.6 Å². The third-order valence-electron chi connectivity index (χ3n) is 2.99. The average molecular weight is 298 g/mol. The predicted octanol–water partition coefficient (Wildman–Crippen LogP) is 2.72. The highest BCUT2D eigenvalue weighted by Gasteiger charge is 2.25. The summed E-state index contributed by atoms with van der Waals surface area (Å²) < 4.78 is 33.8. The van der Waals surface area contributed by atoms with Crippen LogP contribution in [0.3, 0.4) is 0 Å². The molecule has 0 heterocycles. The zero-order valence-corrected chi connectivity index (χ0v) is 11.9. The van der Waals surface area contributed by atoms with Crippen molar-refractivity contribution in [2.24, 2.45) is 0 Å². The molecule has 0 aliphatic heterocycles. The molecular formula is C14H16F2N2O3. The van der Waals surface area contributed by atoms with Gasteiger partial charge in [0, 0.05) is 5.56 Å². The maximum atomic E-state index is 12.3. The Balaban J connectivity index is 3.03. The molecule has 5 nitrogen and oxygen atoms in total. The minimum absolute atomic E-state index is 0.0883. The topological polar surface area (TPSA) is 71.4 Å². The first-order valence-electron chi connectivity index (χ1n) is 6.22. The van der Waals surface area contributed by atoms with Crippen LogP contribution in [0.25, 0.3) is 0 Å². The Morgan fingerprint density at radius 2 is 2.14 bits per heavy atom. The Morgan fingerprint density at radius 3 is 2.62 bits per heavy atom. The van der Waals surface area contributed by atoms with Crippen molar-refractivity contribution >= 4 is 5.91 Å². The standard InChI is InChI=1S/C14H16F2N2O3/c1-4-14(2,8-17)18-12(19)9-5-6-10(20-3)11(7-9)21-13(15)16/h5-7,13H,4H2,1-3H3,(H,18,19)/t14-/m1/s1. The van der Waals surface area contributed by atoms with Crippen LogP contribution in [-0.4, -0.2) is 25.2 Å². The second kappa shape index (κ2) is 6.88. The van der Waals surface area contributed by atoms with E-state index in [-0.39, 0.29) is 17.1 Å². The molecule has 1 N–H and O–H groups in total. The quantitative estimate of drug-likeness (QED) is 0.876. The fourth-order valence-electron chi connectivity index (χ4n) is 1.52. The summed E-state index contributed by atoms with van der Waals surface area (Å²) in [5, 5.41) is 11.6. The Kier molecular flexibility index (Phi) is 5.47. The number of carbonyl (C=O) groups excluding carboxylic acids is 1. The van der Waals surface area contributed by atoms with Crippen LogP contribution in [0.15, 0.2) is 18.2 Å². The molecule has 114 valence electrons. The van der Waals surface area contributed by atoms with E-state index in [0.29, 0.717) is 6.42 Å². The fourth-order valence-corrected chi connectivity index (χ4v) is 1.52. The normalized spacial score (nSPS) is 13.2. The number of carbonyl (C=O) groups is 1.